The largest absolute Gasteiger partial charge is 0.433 e. The van der Waals surface area contributed by atoms with Gasteiger partial charge in [0.15, 0.2) is 5.65 Å². The number of aromatic nitrogens is 5. The van der Waals surface area contributed by atoms with Gasteiger partial charge in [0.05, 0.1) is 12.4 Å². The van der Waals surface area contributed by atoms with Gasteiger partial charge in [-0.25, -0.2) is 28.4 Å². The van der Waals surface area contributed by atoms with Gasteiger partial charge in [0.2, 0.25) is 0 Å². The van der Waals surface area contributed by atoms with Crippen LogP contribution in [0.2, 0.25) is 0 Å². The number of halogens is 5. The summed E-state index contributed by atoms with van der Waals surface area (Å²) in [6, 6.07) is 3.98. The minimum Gasteiger partial charge on any atom is -0.364 e. The highest BCUT2D eigenvalue weighted by atomic mass is 19.4. The van der Waals surface area contributed by atoms with E-state index in [1.54, 1.807) is 12.3 Å². The smallest absolute Gasteiger partial charge is 0.364 e. The van der Waals surface area contributed by atoms with Gasteiger partial charge in [-0.1, -0.05) is 6.07 Å². The SMILES string of the molecule is C[C@@]1(Nc2cnc3cnn(CC(F)F)c3n2)C[C@H]2CN(c3cccc(C(F)(F)F)n3)C[C@H]2C1. The van der Waals surface area contributed by atoms with Crippen molar-refractivity contribution in [3.8, 4) is 0 Å². The van der Waals surface area contributed by atoms with Gasteiger partial charge in [0.25, 0.3) is 6.43 Å². The molecule has 1 saturated heterocycles. The second kappa shape index (κ2) is 7.77. The monoisotopic (exact) mass is 467 g/mol. The number of anilines is 2. The lowest BCUT2D eigenvalue weighted by molar-refractivity contribution is -0.141. The Morgan fingerprint density at radius 2 is 1.85 bits per heavy atom. The number of hydrogen-bond donors (Lipinski definition) is 1. The molecule has 12 heteroatoms. The predicted molar refractivity (Wildman–Crippen MR) is 111 cm³/mol. The molecule has 2 fully saturated rings. The van der Waals surface area contributed by atoms with Crippen LogP contribution in [-0.4, -0.2) is 49.8 Å². The van der Waals surface area contributed by atoms with Crippen molar-refractivity contribution in [3.05, 3.63) is 36.3 Å². The first kappa shape index (κ1) is 21.8. The Kier molecular flexibility index (Phi) is 5.13. The van der Waals surface area contributed by atoms with Gasteiger partial charge in [0, 0.05) is 18.6 Å². The van der Waals surface area contributed by atoms with Gasteiger partial charge in [-0.15, -0.1) is 0 Å². The number of nitrogens with one attached hydrogen (secondary N) is 1. The predicted octanol–water partition coefficient (Wildman–Crippen LogP) is 4.22. The van der Waals surface area contributed by atoms with Crippen LogP contribution in [0.15, 0.2) is 30.6 Å². The molecule has 1 N–H and O–H groups in total. The number of hydrogen-bond acceptors (Lipinski definition) is 6. The molecule has 0 radical (unpaired) electrons. The highest BCUT2D eigenvalue weighted by Crippen LogP contribution is 2.46. The molecule has 33 heavy (non-hydrogen) atoms. The van der Waals surface area contributed by atoms with E-state index in [0.717, 1.165) is 23.6 Å². The van der Waals surface area contributed by atoms with Crippen molar-refractivity contribution in [1.29, 1.82) is 0 Å². The Balaban J connectivity index is 1.28. The molecule has 1 aliphatic carbocycles. The van der Waals surface area contributed by atoms with Crippen LogP contribution in [0.3, 0.4) is 0 Å². The lowest BCUT2D eigenvalue weighted by atomic mass is 9.98. The summed E-state index contributed by atoms with van der Waals surface area (Å²) < 4.78 is 65.8. The molecule has 0 unspecified atom stereocenters. The molecule has 0 aromatic carbocycles. The molecule has 7 nitrogen and oxygen atoms in total. The third-order valence-electron chi connectivity index (χ3n) is 6.44. The molecule has 1 saturated carbocycles. The summed E-state index contributed by atoms with van der Waals surface area (Å²) in [6.45, 7) is 2.77. The zero-order valence-corrected chi connectivity index (χ0v) is 17.7. The molecule has 0 spiro atoms. The van der Waals surface area contributed by atoms with Crippen molar-refractivity contribution in [2.45, 2.75) is 44.5 Å². The van der Waals surface area contributed by atoms with Crippen molar-refractivity contribution < 1.29 is 22.0 Å². The molecule has 4 heterocycles. The zero-order chi connectivity index (χ0) is 23.4. The Bertz CT molecular complexity index is 1150. The van der Waals surface area contributed by atoms with Crippen molar-refractivity contribution >= 4 is 22.8 Å². The number of fused-ring (bicyclic) bond motifs is 2. The molecule has 176 valence electrons. The van der Waals surface area contributed by atoms with E-state index in [4.69, 9.17) is 0 Å². The number of alkyl halides is 5. The summed E-state index contributed by atoms with van der Waals surface area (Å²) in [5.41, 5.74) is -0.440. The lowest BCUT2D eigenvalue weighted by Gasteiger charge is -2.29. The van der Waals surface area contributed by atoms with Crippen LogP contribution in [0.5, 0.6) is 0 Å². The second-order valence-electron chi connectivity index (χ2n) is 9.08. The molecule has 0 amide bonds. The van der Waals surface area contributed by atoms with Crippen LogP contribution in [0, 0.1) is 11.8 Å². The first-order chi connectivity index (χ1) is 15.6. The third-order valence-corrected chi connectivity index (χ3v) is 6.44. The van der Waals surface area contributed by atoms with Gasteiger partial charge >= 0.3 is 6.18 Å². The van der Waals surface area contributed by atoms with Crippen molar-refractivity contribution in [2.24, 2.45) is 11.8 Å². The number of pyridine rings is 1. The van der Waals surface area contributed by atoms with Crippen LogP contribution in [0.4, 0.5) is 33.6 Å². The zero-order valence-electron chi connectivity index (χ0n) is 17.7. The highest BCUT2D eigenvalue weighted by Gasteiger charge is 2.47. The molecule has 2 aliphatic rings. The quantitative estimate of drug-likeness (QED) is 0.567. The maximum atomic E-state index is 13.0. The minimum atomic E-state index is -4.47. The van der Waals surface area contributed by atoms with E-state index >= 15 is 0 Å². The maximum Gasteiger partial charge on any atom is 0.433 e. The van der Waals surface area contributed by atoms with Crippen molar-refractivity contribution in [3.63, 3.8) is 0 Å². The Hall–Kier alpha value is -3.05. The van der Waals surface area contributed by atoms with E-state index in [1.165, 1.54) is 12.3 Å². The van der Waals surface area contributed by atoms with Crippen molar-refractivity contribution in [2.75, 3.05) is 23.3 Å². The van der Waals surface area contributed by atoms with E-state index in [2.05, 4.69) is 32.3 Å². The Labute approximate surface area is 186 Å². The maximum absolute atomic E-state index is 13.0. The summed E-state index contributed by atoms with van der Waals surface area (Å²) in [5, 5.41) is 7.34. The summed E-state index contributed by atoms with van der Waals surface area (Å²) in [4.78, 5) is 14.5. The summed E-state index contributed by atoms with van der Waals surface area (Å²) in [5.74, 6) is 1.41. The van der Waals surface area contributed by atoms with Crippen LogP contribution in [-0.2, 0) is 12.7 Å². The van der Waals surface area contributed by atoms with E-state index in [-0.39, 0.29) is 5.54 Å². The average molecular weight is 467 g/mol. The molecule has 3 atom stereocenters. The molecule has 0 bridgehead atoms. The lowest BCUT2D eigenvalue weighted by Crippen LogP contribution is -2.35. The van der Waals surface area contributed by atoms with Gasteiger partial charge in [0.1, 0.15) is 29.4 Å². The standard InChI is InChI=1S/C21H22F5N7/c1-20(31-17-8-27-14-7-28-33(11-16(22)23)19(14)30-17)5-12-9-32(10-13(12)6-20)18-4-2-3-15(29-18)21(24,25)26/h2-4,7-8,12-13,16H,5-6,9-11H2,1H3,(H,30,31)/t12-,13+,20+. The molecule has 3 aromatic rings. The normalized spacial score (nSPS) is 25.2. The first-order valence-corrected chi connectivity index (χ1v) is 10.6. The van der Waals surface area contributed by atoms with Crippen LogP contribution in [0.25, 0.3) is 11.2 Å². The third kappa shape index (κ3) is 4.30. The fourth-order valence-electron chi connectivity index (χ4n) is 5.17. The van der Waals surface area contributed by atoms with E-state index < -0.39 is 24.8 Å². The molecule has 3 aromatic heterocycles. The van der Waals surface area contributed by atoms with Crippen LogP contribution in [0.1, 0.15) is 25.5 Å². The van der Waals surface area contributed by atoms with E-state index in [1.807, 2.05) is 4.90 Å². The van der Waals surface area contributed by atoms with Crippen LogP contribution < -0.4 is 10.2 Å². The minimum absolute atomic E-state index is 0.292. The number of nitrogens with zero attached hydrogens (tertiary/aromatic N) is 6. The number of rotatable bonds is 5. The van der Waals surface area contributed by atoms with Crippen molar-refractivity contribution in [1.82, 2.24) is 24.7 Å². The van der Waals surface area contributed by atoms with Gasteiger partial charge in [-0.3, -0.25) is 0 Å². The molecule has 5 rings (SSSR count). The fourth-order valence-corrected chi connectivity index (χ4v) is 5.17. The Morgan fingerprint density at radius 1 is 1.12 bits per heavy atom. The summed E-state index contributed by atoms with van der Waals surface area (Å²) in [7, 11) is 0. The van der Waals surface area contributed by atoms with E-state index in [0.29, 0.717) is 47.7 Å². The molecular weight excluding hydrogens is 445 g/mol. The summed E-state index contributed by atoms with van der Waals surface area (Å²) in [6.07, 6.45) is -2.46. The van der Waals surface area contributed by atoms with Gasteiger partial charge in [-0.2, -0.15) is 18.3 Å². The summed E-state index contributed by atoms with van der Waals surface area (Å²) >= 11 is 0. The average Bonchev–Trinajstić information content (AvgIpc) is 3.39. The van der Waals surface area contributed by atoms with Crippen LogP contribution >= 0.6 is 0 Å². The fraction of sp³-hybridized carbons (Fsp3) is 0.524. The van der Waals surface area contributed by atoms with E-state index in [9.17, 15) is 22.0 Å². The van der Waals surface area contributed by atoms with Gasteiger partial charge < -0.3 is 10.2 Å². The topological polar surface area (TPSA) is 71.8 Å². The molecule has 1 aliphatic heterocycles. The second-order valence-corrected chi connectivity index (χ2v) is 9.08. The highest BCUT2D eigenvalue weighted by molar-refractivity contribution is 5.71. The van der Waals surface area contributed by atoms with Gasteiger partial charge in [-0.05, 0) is 43.7 Å². The first-order valence-electron chi connectivity index (χ1n) is 10.6. The molecular formula is C21H22F5N7. The Morgan fingerprint density at radius 3 is 2.52 bits per heavy atom.